The number of Topliss-reactive ketones (excluding diaryl/α,β-unsaturated/α-hetero) is 1. The van der Waals surface area contributed by atoms with Gasteiger partial charge in [0, 0.05) is 13.0 Å². The third-order valence-electron chi connectivity index (χ3n) is 5.03. The van der Waals surface area contributed by atoms with Crippen LogP contribution in [0.4, 0.5) is 0 Å². The maximum Gasteiger partial charge on any atom is 0.164 e. The Morgan fingerprint density at radius 3 is 2.40 bits per heavy atom. The van der Waals surface area contributed by atoms with E-state index in [1.165, 1.54) is 19.3 Å². The van der Waals surface area contributed by atoms with Crippen LogP contribution < -0.4 is 0 Å². The fourth-order valence-corrected chi connectivity index (χ4v) is 3.40. The Balaban J connectivity index is 2.63. The summed E-state index contributed by atoms with van der Waals surface area (Å²) in [6.07, 6.45) is 9.64. The number of unbranched alkanes of at least 4 members (excludes halogenated alkanes) is 1. The number of hydrogen-bond acceptors (Lipinski definition) is 2. The molecule has 0 aromatic carbocycles. The maximum atomic E-state index is 12.8. The van der Waals surface area contributed by atoms with Gasteiger partial charge in [-0.15, -0.1) is 0 Å². The van der Waals surface area contributed by atoms with Gasteiger partial charge in [0.25, 0.3) is 0 Å². The van der Waals surface area contributed by atoms with Crippen LogP contribution in [0.2, 0.25) is 0 Å². The van der Waals surface area contributed by atoms with Gasteiger partial charge in [0.1, 0.15) is 5.60 Å². The first kappa shape index (κ1) is 17.7. The van der Waals surface area contributed by atoms with Crippen molar-refractivity contribution in [2.24, 2.45) is 11.8 Å². The molecule has 0 radical (unpaired) electrons. The van der Waals surface area contributed by atoms with E-state index in [1.54, 1.807) is 0 Å². The van der Waals surface area contributed by atoms with Crippen molar-refractivity contribution >= 4 is 5.78 Å². The molecule has 1 fully saturated rings. The Morgan fingerprint density at radius 2 is 1.90 bits per heavy atom. The summed E-state index contributed by atoms with van der Waals surface area (Å²) in [5.74, 6) is 1.69. The average Bonchev–Trinajstić information content (AvgIpc) is 2.46. The minimum absolute atomic E-state index is 0.384. The van der Waals surface area contributed by atoms with Gasteiger partial charge in [-0.1, -0.05) is 46.5 Å². The summed E-state index contributed by atoms with van der Waals surface area (Å²) in [4.78, 5) is 12.8. The molecule has 0 spiro atoms. The zero-order valence-corrected chi connectivity index (χ0v) is 14.0. The van der Waals surface area contributed by atoms with Gasteiger partial charge >= 0.3 is 0 Å². The Hall–Kier alpha value is -0.370. The van der Waals surface area contributed by atoms with Crippen LogP contribution in [0.25, 0.3) is 0 Å². The molecular weight excluding hydrogens is 248 g/mol. The second kappa shape index (κ2) is 8.81. The SMILES string of the molecule is CCCCC(CC)CC(=O)C1(OCC)CCC(C)CC1. The molecule has 2 nitrogen and oxygen atoms in total. The largest absolute Gasteiger partial charge is 0.368 e. The molecular formula is C18H34O2. The second-order valence-corrected chi connectivity index (χ2v) is 6.65. The molecule has 0 saturated heterocycles. The fraction of sp³-hybridized carbons (Fsp3) is 0.944. The lowest BCUT2D eigenvalue weighted by molar-refractivity contribution is -0.151. The van der Waals surface area contributed by atoms with E-state index in [4.69, 9.17) is 4.74 Å². The van der Waals surface area contributed by atoms with Crippen molar-refractivity contribution in [3.05, 3.63) is 0 Å². The number of carbonyl (C=O) groups is 1. The van der Waals surface area contributed by atoms with Crippen LogP contribution in [0.3, 0.4) is 0 Å². The fourth-order valence-electron chi connectivity index (χ4n) is 3.40. The molecule has 0 aliphatic heterocycles. The van der Waals surface area contributed by atoms with Crippen molar-refractivity contribution in [1.82, 2.24) is 0 Å². The van der Waals surface area contributed by atoms with E-state index in [-0.39, 0.29) is 0 Å². The van der Waals surface area contributed by atoms with Gasteiger partial charge in [-0.05, 0) is 44.4 Å². The van der Waals surface area contributed by atoms with Crippen molar-refractivity contribution < 1.29 is 9.53 Å². The molecule has 0 N–H and O–H groups in total. The standard InChI is InChI=1S/C18H34O2/c1-5-8-9-16(6-2)14-17(19)18(20-7-3)12-10-15(4)11-13-18/h15-16H,5-14H2,1-4H3. The molecule has 118 valence electrons. The van der Waals surface area contributed by atoms with Gasteiger partial charge in [0.15, 0.2) is 5.78 Å². The first-order chi connectivity index (χ1) is 9.57. The van der Waals surface area contributed by atoms with Gasteiger partial charge in [-0.3, -0.25) is 4.79 Å². The van der Waals surface area contributed by atoms with Crippen LogP contribution in [0.5, 0.6) is 0 Å². The summed E-state index contributed by atoms with van der Waals surface area (Å²) in [6, 6.07) is 0. The lowest BCUT2D eigenvalue weighted by Gasteiger charge is -2.38. The van der Waals surface area contributed by atoms with Crippen LogP contribution in [0, 0.1) is 11.8 Å². The molecule has 20 heavy (non-hydrogen) atoms. The molecule has 1 rings (SSSR count). The molecule has 1 aliphatic rings. The highest BCUT2D eigenvalue weighted by Crippen LogP contribution is 2.37. The zero-order valence-electron chi connectivity index (χ0n) is 14.0. The van der Waals surface area contributed by atoms with Crippen molar-refractivity contribution in [1.29, 1.82) is 0 Å². The van der Waals surface area contributed by atoms with E-state index in [0.717, 1.165) is 44.4 Å². The molecule has 0 aromatic rings. The predicted molar refractivity (Wildman–Crippen MR) is 84.9 cm³/mol. The van der Waals surface area contributed by atoms with E-state index in [9.17, 15) is 4.79 Å². The van der Waals surface area contributed by atoms with Crippen molar-refractivity contribution in [2.45, 2.75) is 91.1 Å². The molecule has 0 bridgehead atoms. The highest BCUT2D eigenvalue weighted by molar-refractivity contribution is 5.87. The smallest absolute Gasteiger partial charge is 0.164 e. The van der Waals surface area contributed by atoms with Gasteiger partial charge in [-0.2, -0.15) is 0 Å². The molecule has 0 heterocycles. The molecule has 1 atom stereocenters. The van der Waals surface area contributed by atoms with Crippen molar-refractivity contribution in [3.8, 4) is 0 Å². The molecule has 0 aromatic heterocycles. The molecule has 1 saturated carbocycles. The van der Waals surface area contributed by atoms with Gasteiger partial charge < -0.3 is 4.74 Å². The highest BCUT2D eigenvalue weighted by Gasteiger charge is 2.41. The highest BCUT2D eigenvalue weighted by atomic mass is 16.5. The minimum Gasteiger partial charge on any atom is -0.368 e. The third-order valence-corrected chi connectivity index (χ3v) is 5.03. The van der Waals surface area contributed by atoms with Crippen LogP contribution in [-0.4, -0.2) is 18.0 Å². The Labute approximate surface area is 125 Å². The van der Waals surface area contributed by atoms with Crippen LogP contribution in [-0.2, 0) is 9.53 Å². The minimum atomic E-state index is -0.444. The Kier molecular flexibility index (Phi) is 7.79. The lowest BCUT2D eigenvalue weighted by atomic mass is 9.74. The summed E-state index contributed by atoms with van der Waals surface area (Å²) in [6.45, 7) is 9.40. The van der Waals surface area contributed by atoms with Crippen LogP contribution in [0.1, 0.15) is 85.5 Å². The van der Waals surface area contributed by atoms with E-state index >= 15 is 0 Å². The lowest BCUT2D eigenvalue weighted by Crippen LogP contribution is -2.45. The maximum absolute atomic E-state index is 12.8. The zero-order chi connectivity index (χ0) is 15.0. The normalized spacial score (nSPS) is 28.3. The summed E-state index contributed by atoms with van der Waals surface area (Å²) in [5.41, 5.74) is -0.444. The summed E-state index contributed by atoms with van der Waals surface area (Å²) >= 11 is 0. The molecule has 1 unspecified atom stereocenters. The quantitative estimate of drug-likeness (QED) is 0.585. The van der Waals surface area contributed by atoms with Gasteiger partial charge in [-0.25, -0.2) is 0 Å². The molecule has 0 amide bonds. The average molecular weight is 282 g/mol. The van der Waals surface area contributed by atoms with Crippen molar-refractivity contribution in [2.75, 3.05) is 6.61 Å². The van der Waals surface area contributed by atoms with Crippen LogP contribution >= 0.6 is 0 Å². The number of rotatable bonds is 9. The summed E-state index contributed by atoms with van der Waals surface area (Å²) in [7, 11) is 0. The predicted octanol–water partition coefficient (Wildman–Crippen LogP) is 5.15. The summed E-state index contributed by atoms with van der Waals surface area (Å²) in [5, 5.41) is 0. The number of ether oxygens (including phenoxy) is 1. The number of carbonyl (C=O) groups excluding carboxylic acids is 1. The third kappa shape index (κ3) is 4.87. The Bertz CT molecular complexity index is 277. The van der Waals surface area contributed by atoms with Gasteiger partial charge in [0.2, 0.25) is 0 Å². The molecule has 2 heteroatoms. The first-order valence-corrected chi connectivity index (χ1v) is 8.75. The van der Waals surface area contributed by atoms with E-state index < -0.39 is 5.60 Å². The van der Waals surface area contributed by atoms with Gasteiger partial charge in [0.05, 0.1) is 0 Å². The topological polar surface area (TPSA) is 26.3 Å². The van der Waals surface area contributed by atoms with Crippen LogP contribution in [0.15, 0.2) is 0 Å². The second-order valence-electron chi connectivity index (χ2n) is 6.65. The number of hydrogen-bond donors (Lipinski definition) is 0. The number of ketones is 1. The van der Waals surface area contributed by atoms with E-state index in [2.05, 4.69) is 20.8 Å². The summed E-state index contributed by atoms with van der Waals surface area (Å²) < 4.78 is 5.98. The molecule has 1 aliphatic carbocycles. The monoisotopic (exact) mass is 282 g/mol. The first-order valence-electron chi connectivity index (χ1n) is 8.75. The Morgan fingerprint density at radius 1 is 1.25 bits per heavy atom. The van der Waals surface area contributed by atoms with E-state index in [1.807, 2.05) is 6.92 Å². The van der Waals surface area contributed by atoms with E-state index in [0.29, 0.717) is 18.3 Å². The van der Waals surface area contributed by atoms with Crippen molar-refractivity contribution in [3.63, 3.8) is 0 Å².